The molecule has 3 aromatic rings. The number of nitrogens with zero attached hydrogens (tertiary/aromatic N) is 1. The van der Waals surface area contributed by atoms with E-state index >= 15 is 0 Å². The van der Waals surface area contributed by atoms with Gasteiger partial charge in [0.25, 0.3) is 0 Å². The number of anilines is 1. The maximum absolute atomic E-state index is 4.26. The first kappa shape index (κ1) is 47.2. The summed E-state index contributed by atoms with van der Waals surface area (Å²) in [7, 11) is 1.77. The van der Waals surface area contributed by atoms with Gasteiger partial charge in [0.05, 0.1) is 0 Å². The van der Waals surface area contributed by atoms with Crippen LogP contribution in [-0.4, -0.2) is 12.9 Å². The summed E-state index contributed by atoms with van der Waals surface area (Å²) >= 11 is 0. The van der Waals surface area contributed by atoms with Gasteiger partial charge in [0.15, 0.2) is 0 Å². The number of allylic oxidation sites excluding steroid dienone is 5. The lowest BCUT2D eigenvalue weighted by molar-refractivity contribution is 0.715. The van der Waals surface area contributed by atoms with Crippen LogP contribution in [0, 0.1) is 27.7 Å². The van der Waals surface area contributed by atoms with E-state index in [1.54, 1.807) is 7.05 Å². The van der Waals surface area contributed by atoms with Crippen molar-refractivity contribution in [1.29, 1.82) is 0 Å². The van der Waals surface area contributed by atoms with E-state index in [1.807, 2.05) is 62.4 Å². The summed E-state index contributed by atoms with van der Waals surface area (Å²) in [4.78, 5) is 4.26. The number of rotatable bonds is 11. The number of benzene rings is 3. The summed E-state index contributed by atoms with van der Waals surface area (Å²) in [5.74, 6) is 0.802. The van der Waals surface area contributed by atoms with Gasteiger partial charge >= 0.3 is 0 Å². The van der Waals surface area contributed by atoms with E-state index in [-0.39, 0.29) is 0 Å². The Bertz CT molecular complexity index is 1400. The van der Waals surface area contributed by atoms with Crippen LogP contribution in [0.15, 0.2) is 103 Å². The Labute approximate surface area is 304 Å². The van der Waals surface area contributed by atoms with Crippen molar-refractivity contribution in [3.05, 3.63) is 137 Å². The second-order valence-corrected chi connectivity index (χ2v) is 12.1. The molecule has 3 aromatic carbocycles. The fraction of sp³-hybridized carbons (Fsp3) is 0.426. The van der Waals surface area contributed by atoms with Crippen molar-refractivity contribution in [1.82, 2.24) is 0 Å². The highest BCUT2D eigenvalue weighted by molar-refractivity contribution is 6.05. The molecular formula is C47H72N2. The van der Waals surface area contributed by atoms with E-state index in [0.717, 1.165) is 22.7 Å². The molecule has 0 amide bonds. The monoisotopic (exact) mass is 665 g/mol. The summed E-state index contributed by atoms with van der Waals surface area (Å²) in [6.45, 7) is 33.6. The zero-order valence-corrected chi connectivity index (χ0v) is 33.9. The molecule has 0 radical (unpaired) electrons. The van der Waals surface area contributed by atoms with Crippen LogP contribution in [0.5, 0.6) is 0 Å². The van der Waals surface area contributed by atoms with Crippen LogP contribution >= 0.6 is 0 Å². The lowest BCUT2D eigenvalue weighted by atomic mass is 9.93. The second-order valence-electron chi connectivity index (χ2n) is 12.1. The third kappa shape index (κ3) is 20.9. The molecule has 270 valence electrons. The lowest BCUT2D eigenvalue weighted by Crippen LogP contribution is -2.08. The Morgan fingerprint density at radius 3 is 1.86 bits per heavy atom. The second kappa shape index (κ2) is 30.2. The van der Waals surface area contributed by atoms with Crippen molar-refractivity contribution in [2.24, 2.45) is 4.99 Å². The fourth-order valence-corrected chi connectivity index (χ4v) is 4.46. The Hall–Kier alpha value is -3.91. The van der Waals surface area contributed by atoms with Gasteiger partial charge in [0.1, 0.15) is 5.84 Å². The van der Waals surface area contributed by atoms with Crippen molar-refractivity contribution < 1.29 is 0 Å². The van der Waals surface area contributed by atoms with Crippen molar-refractivity contribution in [3.8, 4) is 0 Å². The maximum Gasteiger partial charge on any atom is 0.125 e. The van der Waals surface area contributed by atoms with Crippen molar-refractivity contribution in [2.45, 2.75) is 128 Å². The molecule has 1 N–H and O–H groups in total. The first-order valence-corrected chi connectivity index (χ1v) is 18.7. The molecule has 0 bridgehead atoms. The lowest BCUT2D eigenvalue weighted by Gasteiger charge is -2.12. The molecular weight excluding hydrogens is 593 g/mol. The van der Waals surface area contributed by atoms with Gasteiger partial charge in [-0.25, -0.2) is 0 Å². The molecule has 0 heterocycles. The predicted octanol–water partition coefficient (Wildman–Crippen LogP) is 14.9. The average molecular weight is 665 g/mol. The molecule has 0 fully saturated rings. The van der Waals surface area contributed by atoms with Gasteiger partial charge in [-0.05, 0) is 116 Å². The Kier molecular flexibility index (Phi) is 29.1. The van der Waals surface area contributed by atoms with Crippen molar-refractivity contribution >= 4 is 22.7 Å². The molecule has 0 aliphatic carbocycles. The molecule has 0 aromatic heterocycles. The van der Waals surface area contributed by atoms with Gasteiger partial charge in [0, 0.05) is 12.7 Å². The molecule has 3 rings (SSSR count). The van der Waals surface area contributed by atoms with E-state index in [9.17, 15) is 0 Å². The van der Waals surface area contributed by atoms with Crippen LogP contribution in [0.4, 0.5) is 5.69 Å². The van der Waals surface area contributed by atoms with Crippen LogP contribution in [0.2, 0.25) is 0 Å². The molecule has 2 nitrogen and oxygen atoms in total. The van der Waals surface area contributed by atoms with Crippen LogP contribution in [0.3, 0.4) is 0 Å². The number of hydrogen-bond acceptors (Lipinski definition) is 1. The van der Waals surface area contributed by atoms with Crippen LogP contribution in [0.25, 0.3) is 11.1 Å². The van der Waals surface area contributed by atoms with E-state index in [2.05, 4.69) is 129 Å². The minimum absolute atomic E-state index is 0.802. The zero-order valence-electron chi connectivity index (χ0n) is 33.9. The van der Waals surface area contributed by atoms with Crippen molar-refractivity contribution in [2.75, 3.05) is 12.4 Å². The summed E-state index contributed by atoms with van der Waals surface area (Å²) < 4.78 is 0. The van der Waals surface area contributed by atoms with Gasteiger partial charge in [0.2, 0.25) is 0 Å². The van der Waals surface area contributed by atoms with Gasteiger partial charge in [-0.3, -0.25) is 4.99 Å². The predicted molar refractivity (Wildman–Crippen MR) is 228 cm³/mol. The normalized spacial score (nSPS) is 10.6. The number of amidine groups is 1. The first-order valence-electron chi connectivity index (χ1n) is 18.7. The average Bonchev–Trinajstić information content (AvgIpc) is 3.11. The highest BCUT2D eigenvalue weighted by atomic mass is 15.0. The molecule has 0 saturated carbocycles. The number of aryl methyl sites for hydroxylation is 5. The fourth-order valence-electron chi connectivity index (χ4n) is 4.46. The van der Waals surface area contributed by atoms with Crippen LogP contribution in [0.1, 0.15) is 133 Å². The minimum atomic E-state index is 0.802. The molecule has 0 saturated heterocycles. The SMILES string of the molecule is C=C(/C=C\C(=NC)Nc1ccccc1)c1ccc(C)c(C)c1.C=C/C=C(/C)c1cc(C)c(CCCCC)cc1C.CC.CCC.CCCC. The molecule has 0 aliphatic rings. The number of nitrogens with one attached hydrogen (secondary N) is 1. The standard InChI is InChI=1S/C20H22N2.C18H26.C4H10.C3H8.C2H6/c1-15-10-12-18(14-17(15)3)16(2)11-13-20(21-4)22-19-8-6-5-7-9-19;1-6-8-9-11-17-12-16(5)18(13-15(17)4)14(3)10-7-2;1-3-4-2;1-3-2;1-2/h5-14H,2H2,1,3-4H3,(H,21,22);7,10,12-13H,2,6,8-9,11H2,1,3-5H3;3-4H2,1-2H3;3H2,1-2H3;1-2H3/b13-11-;14-10-;;;. The number of aliphatic imine (C=N–C) groups is 1. The maximum atomic E-state index is 4.26. The van der Waals surface area contributed by atoms with Gasteiger partial charge in [-0.1, -0.05) is 160 Å². The van der Waals surface area contributed by atoms with Crippen LogP contribution in [-0.2, 0) is 6.42 Å². The molecule has 0 atom stereocenters. The van der Waals surface area contributed by atoms with Gasteiger partial charge in [-0.2, -0.15) is 0 Å². The topological polar surface area (TPSA) is 24.4 Å². The first-order chi connectivity index (χ1) is 23.5. The third-order valence-electron chi connectivity index (χ3n) is 7.63. The highest BCUT2D eigenvalue weighted by Crippen LogP contribution is 2.24. The van der Waals surface area contributed by atoms with E-state index in [4.69, 9.17) is 0 Å². The summed E-state index contributed by atoms with van der Waals surface area (Å²) in [5, 5.41) is 3.28. The van der Waals surface area contributed by atoms with Crippen LogP contribution < -0.4 is 5.32 Å². The molecule has 0 unspecified atom stereocenters. The van der Waals surface area contributed by atoms with E-state index in [0.29, 0.717) is 0 Å². The molecule has 49 heavy (non-hydrogen) atoms. The zero-order chi connectivity index (χ0) is 37.6. The number of hydrogen-bond donors (Lipinski definition) is 1. The van der Waals surface area contributed by atoms with Gasteiger partial charge < -0.3 is 5.32 Å². The smallest absolute Gasteiger partial charge is 0.125 e. The molecule has 0 aliphatic heterocycles. The largest absolute Gasteiger partial charge is 0.341 e. The van der Waals surface area contributed by atoms with E-state index < -0.39 is 0 Å². The Morgan fingerprint density at radius 2 is 1.35 bits per heavy atom. The molecule has 2 heteroatoms. The summed E-state index contributed by atoms with van der Waals surface area (Å²) in [6.07, 6.45) is 16.9. The number of unbranched alkanes of at least 4 members (excludes halogenated alkanes) is 3. The Morgan fingerprint density at radius 1 is 0.735 bits per heavy atom. The number of para-hydroxylation sites is 1. The summed E-state index contributed by atoms with van der Waals surface area (Å²) in [6, 6.07) is 21.1. The molecule has 0 spiro atoms. The quantitative estimate of drug-likeness (QED) is 0.0938. The summed E-state index contributed by atoms with van der Waals surface area (Å²) in [5.41, 5.74) is 12.7. The van der Waals surface area contributed by atoms with E-state index in [1.165, 1.54) is 83.9 Å². The minimum Gasteiger partial charge on any atom is -0.341 e. The van der Waals surface area contributed by atoms with Crippen molar-refractivity contribution in [3.63, 3.8) is 0 Å². The highest BCUT2D eigenvalue weighted by Gasteiger charge is 2.06. The van der Waals surface area contributed by atoms with Gasteiger partial charge in [-0.15, -0.1) is 0 Å². The Balaban J connectivity index is 0. The third-order valence-corrected chi connectivity index (χ3v) is 7.63.